The Kier molecular flexibility index (Phi) is 7.88. The van der Waals surface area contributed by atoms with Crippen LogP contribution in [0.5, 0.6) is 0 Å². The van der Waals surface area contributed by atoms with Gasteiger partial charge in [0.15, 0.2) is 10.8 Å². The van der Waals surface area contributed by atoms with Crippen LogP contribution in [-0.2, 0) is 16.1 Å². The average molecular weight is 536 g/mol. The van der Waals surface area contributed by atoms with E-state index in [1.54, 1.807) is 16.7 Å². The Bertz CT molecular complexity index is 1330. The van der Waals surface area contributed by atoms with Crippen LogP contribution in [0.15, 0.2) is 29.6 Å². The number of carbonyl (C=O) groups is 2. The van der Waals surface area contributed by atoms with Gasteiger partial charge in [0.2, 0.25) is 11.8 Å². The monoisotopic (exact) mass is 535 g/mol. The summed E-state index contributed by atoms with van der Waals surface area (Å²) in [5.74, 6) is 0.494. The van der Waals surface area contributed by atoms with E-state index in [1.807, 2.05) is 36.0 Å². The van der Waals surface area contributed by atoms with Crippen LogP contribution in [0.25, 0.3) is 11.0 Å². The summed E-state index contributed by atoms with van der Waals surface area (Å²) < 4.78 is 1.86. The van der Waals surface area contributed by atoms with E-state index in [2.05, 4.69) is 36.1 Å². The number of fused-ring (bicyclic) bond motifs is 1. The fraction of sp³-hybridized carbons (Fsp3) is 0.536. The van der Waals surface area contributed by atoms with Gasteiger partial charge >= 0.3 is 0 Å². The van der Waals surface area contributed by atoms with E-state index in [0.29, 0.717) is 24.9 Å². The minimum absolute atomic E-state index is 0.0106. The minimum Gasteiger partial charge on any atom is -0.356 e. The van der Waals surface area contributed by atoms with E-state index in [4.69, 9.17) is 9.97 Å². The van der Waals surface area contributed by atoms with Crippen molar-refractivity contribution in [2.75, 3.05) is 36.0 Å². The number of aromatic nitrogens is 4. The van der Waals surface area contributed by atoms with E-state index < -0.39 is 0 Å². The summed E-state index contributed by atoms with van der Waals surface area (Å²) in [7, 11) is 0. The number of hydrogen-bond donors (Lipinski definition) is 1. The zero-order valence-electron chi connectivity index (χ0n) is 22.7. The number of aryl methyl sites for hydroxylation is 2. The van der Waals surface area contributed by atoms with Crippen LogP contribution in [0.4, 0.5) is 11.5 Å². The van der Waals surface area contributed by atoms with Crippen LogP contribution in [0.2, 0.25) is 0 Å². The minimum atomic E-state index is -0.361. The summed E-state index contributed by atoms with van der Waals surface area (Å²) in [6.07, 6.45) is 5.67. The first-order valence-corrected chi connectivity index (χ1v) is 14.5. The Balaban J connectivity index is 1.25. The number of nitrogens with zero attached hydrogens (tertiary/aromatic N) is 6. The fourth-order valence-electron chi connectivity index (χ4n) is 5.15. The largest absolute Gasteiger partial charge is 0.356 e. The van der Waals surface area contributed by atoms with Crippen LogP contribution >= 0.6 is 11.8 Å². The van der Waals surface area contributed by atoms with Crippen molar-refractivity contribution < 1.29 is 9.59 Å². The van der Waals surface area contributed by atoms with Crippen molar-refractivity contribution in [1.82, 2.24) is 25.1 Å². The molecule has 2 aromatic heterocycles. The first-order chi connectivity index (χ1) is 18.3. The third-order valence-corrected chi connectivity index (χ3v) is 8.24. The van der Waals surface area contributed by atoms with Crippen LogP contribution in [0, 0.1) is 19.8 Å². The Labute approximate surface area is 228 Å². The molecule has 1 N–H and O–H groups in total. The highest BCUT2D eigenvalue weighted by atomic mass is 32.2. The maximum Gasteiger partial charge on any atom is 0.227 e. The van der Waals surface area contributed by atoms with Crippen LogP contribution in [-0.4, -0.2) is 63.0 Å². The normalized spacial score (nSPS) is 18.1. The van der Waals surface area contributed by atoms with Gasteiger partial charge in [-0.15, -0.1) is 0 Å². The van der Waals surface area contributed by atoms with Crippen LogP contribution in [0.3, 0.4) is 0 Å². The summed E-state index contributed by atoms with van der Waals surface area (Å²) in [4.78, 5) is 39.5. The number of amides is 2. The molecule has 1 unspecified atom stereocenters. The number of rotatable bonds is 8. The van der Waals surface area contributed by atoms with Gasteiger partial charge in [-0.05, 0) is 56.4 Å². The van der Waals surface area contributed by atoms with E-state index in [0.717, 1.165) is 46.3 Å². The number of piperidine rings is 1. The molecular weight excluding hydrogens is 498 g/mol. The van der Waals surface area contributed by atoms with Crippen molar-refractivity contribution in [2.24, 2.45) is 5.92 Å². The number of hydrogen-bond acceptors (Lipinski definition) is 7. The van der Waals surface area contributed by atoms with Crippen molar-refractivity contribution in [2.45, 2.75) is 70.3 Å². The number of thioether (sulfide) groups is 1. The second-order valence-corrected chi connectivity index (χ2v) is 12.2. The summed E-state index contributed by atoms with van der Waals surface area (Å²) in [6.45, 7) is 11.7. The quantitative estimate of drug-likeness (QED) is 0.343. The molecule has 2 saturated heterocycles. The Morgan fingerprint density at radius 3 is 2.66 bits per heavy atom. The second-order valence-electron chi connectivity index (χ2n) is 10.6. The molecule has 1 aromatic carbocycles. The molecule has 4 heterocycles. The van der Waals surface area contributed by atoms with Crippen molar-refractivity contribution in [3.05, 3.63) is 35.5 Å². The molecule has 2 amide bonds. The van der Waals surface area contributed by atoms with E-state index in [-0.39, 0.29) is 24.2 Å². The topological polar surface area (TPSA) is 96.2 Å². The summed E-state index contributed by atoms with van der Waals surface area (Å²) in [5.41, 5.74) is 3.98. The number of anilines is 2. The van der Waals surface area contributed by atoms with Gasteiger partial charge in [-0.1, -0.05) is 31.7 Å². The molecule has 5 rings (SSSR count). The average Bonchev–Trinajstić information content (AvgIpc) is 3.49. The highest BCUT2D eigenvalue weighted by Crippen LogP contribution is 2.31. The first-order valence-electron chi connectivity index (χ1n) is 13.6. The maximum atomic E-state index is 13.0. The van der Waals surface area contributed by atoms with Gasteiger partial charge in [0.25, 0.3) is 0 Å². The third-order valence-electron chi connectivity index (χ3n) is 7.37. The molecule has 0 spiro atoms. The van der Waals surface area contributed by atoms with Crippen LogP contribution in [0.1, 0.15) is 50.7 Å². The predicted octanol–water partition coefficient (Wildman–Crippen LogP) is 4.10. The lowest BCUT2D eigenvalue weighted by atomic mass is 10.1. The Hall–Kier alpha value is -3.14. The van der Waals surface area contributed by atoms with E-state index in [1.165, 1.54) is 24.8 Å². The van der Waals surface area contributed by atoms with Gasteiger partial charge in [-0.25, -0.2) is 14.6 Å². The highest BCUT2D eigenvalue weighted by molar-refractivity contribution is 7.99. The summed E-state index contributed by atoms with van der Waals surface area (Å²) in [6, 6.07) is 5.99. The smallest absolute Gasteiger partial charge is 0.227 e. The zero-order valence-corrected chi connectivity index (χ0v) is 23.6. The predicted molar refractivity (Wildman–Crippen MR) is 152 cm³/mol. The summed E-state index contributed by atoms with van der Waals surface area (Å²) in [5, 5.41) is 9.72. The molecule has 2 aliphatic heterocycles. The summed E-state index contributed by atoms with van der Waals surface area (Å²) >= 11 is 1.65. The zero-order chi connectivity index (χ0) is 26.8. The standard InChI is InChI=1S/C28H37N7O2S/c1-18(2)38-28-31-25(33-11-6-5-7-12-33)23-16-30-35(26(23)32-28)13-10-29-27(37)21-15-24(36)34(17-21)22-9-8-19(3)20(4)14-22/h8-9,14,16,18,21H,5-7,10-13,15,17H2,1-4H3,(H,29,37). The lowest BCUT2D eigenvalue weighted by molar-refractivity contribution is -0.126. The van der Waals surface area contributed by atoms with Gasteiger partial charge in [-0.3, -0.25) is 9.59 Å². The molecule has 0 radical (unpaired) electrons. The molecule has 202 valence electrons. The third kappa shape index (κ3) is 5.65. The lowest BCUT2D eigenvalue weighted by Crippen LogP contribution is -2.35. The molecule has 0 aliphatic carbocycles. The van der Waals surface area contributed by atoms with Gasteiger partial charge < -0.3 is 15.1 Å². The van der Waals surface area contributed by atoms with Gasteiger partial charge in [0, 0.05) is 43.5 Å². The molecular formula is C28H37N7O2S. The van der Waals surface area contributed by atoms with Crippen molar-refractivity contribution in [3.8, 4) is 0 Å². The molecule has 0 bridgehead atoms. The molecule has 38 heavy (non-hydrogen) atoms. The van der Waals surface area contributed by atoms with E-state index >= 15 is 0 Å². The van der Waals surface area contributed by atoms with Gasteiger partial charge in [-0.2, -0.15) is 5.10 Å². The molecule has 2 fully saturated rings. The fourth-order valence-corrected chi connectivity index (χ4v) is 5.85. The molecule has 10 heteroatoms. The van der Waals surface area contributed by atoms with Crippen molar-refractivity contribution in [3.63, 3.8) is 0 Å². The highest BCUT2D eigenvalue weighted by Gasteiger charge is 2.35. The van der Waals surface area contributed by atoms with Gasteiger partial charge in [0.1, 0.15) is 5.82 Å². The number of benzene rings is 1. The number of carbonyl (C=O) groups excluding carboxylic acids is 2. The number of nitrogens with one attached hydrogen (secondary N) is 1. The molecule has 3 aromatic rings. The molecule has 9 nitrogen and oxygen atoms in total. The van der Waals surface area contributed by atoms with Crippen LogP contribution < -0.4 is 15.1 Å². The maximum absolute atomic E-state index is 13.0. The van der Waals surface area contributed by atoms with Crippen molar-refractivity contribution >= 4 is 46.1 Å². The van der Waals surface area contributed by atoms with Crippen molar-refractivity contribution in [1.29, 1.82) is 0 Å². The van der Waals surface area contributed by atoms with Gasteiger partial charge in [0.05, 0.1) is 24.0 Å². The van der Waals surface area contributed by atoms with E-state index in [9.17, 15) is 9.59 Å². The Morgan fingerprint density at radius 1 is 1.13 bits per heavy atom. The Morgan fingerprint density at radius 2 is 1.92 bits per heavy atom. The molecule has 0 saturated carbocycles. The lowest BCUT2D eigenvalue weighted by Gasteiger charge is -2.28. The second kappa shape index (κ2) is 11.3. The SMILES string of the molecule is Cc1ccc(N2CC(C(=O)NCCn3ncc4c(N5CCCCC5)nc(SC(C)C)nc43)CC2=O)cc1C. The molecule has 1 atom stereocenters. The first kappa shape index (κ1) is 26.5. The molecule has 2 aliphatic rings.